The SMILES string of the molecule is Cn1ccc(C(=O)Nc2c(N)cccc2F)n1. The maximum absolute atomic E-state index is 13.4. The molecule has 0 atom stereocenters. The first-order valence-electron chi connectivity index (χ1n) is 4.93. The minimum absolute atomic E-state index is 0.0249. The Morgan fingerprint density at radius 2 is 2.24 bits per heavy atom. The van der Waals surface area contributed by atoms with E-state index in [0.717, 1.165) is 0 Å². The highest BCUT2D eigenvalue weighted by molar-refractivity contribution is 6.04. The standard InChI is InChI=1S/C11H11FN4O/c1-16-6-5-9(15-16)11(17)14-10-7(12)3-2-4-8(10)13/h2-6H,13H2,1H3,(H,14,17). The number of anilines is 2. The maximum atomic E-state index is 13.4. The number of nitrogens with two attached hydrogens (primary N) is 1. The van der Waals surface area contributed by atoms with Crippen LogP contribution in [0, 0.1) is 5.82 Å². The summed E-state index contributed by atoms with van der Waals surface area (Å²) in [7, 11) is 1.69. The summed E-state index contributed by atoms with van der Waals surface area (Å²) in [5, 5.41) is 6.30. The first-order valence-corrected chi connectivity index (χ1v) is 4.93. The number of nitrogens with zero attached hydrogens (tertiary/aromatic N) is 2. The van der Waals surface area contributed by atoms with Crippen molar-refractivity contribution in [2.45, 2.75) is 0 Å². The van der Waals surface area contributed by atoms with Gasteiger partial charge in [0.2, 0.25) is 0 Å². The molecule has 1 aromatic heterocycles. The van der Waals surface area contributed by atoms with E-state index < -0.39 is 11.7 Å². The average molecular weight is 234 g/mol. The second kappa shape index (κ2) is 4.25. The van der Waals surface area contributed by atoms with Crippen molar-refractivity contribution in [2.24, 2.45) is 7.05 Å². The highest BCUT2D eigenvalue weighted by atomic mass is 19.1. The number of hydrogen-bond donors (Lipinski definition) is 2. The molecule has 0 saturated carbocycles. The lowest BCUT2D eigenvalue weighted by Gasteiger charge is -2.07. The fourth-order valence-electron chi connectivity index (χ4n) is 1.39. The molecule has 0 radical (unpaired) electrons. The Balaban J connectivity index is 2.24. The van der Waals surface area contributed by atoms with Gasteiger partial charge in [-0.05, 0) is 18.2 Å². The van der Waals surface area contributed by atoms with Gasteiger partial charge >= 0.3 is 0 Å². The van der Waals surface area contributed by atoms with Gasteiger partial charge in [-0.25, -0.2) is 4.39 Å². The number of para-hydroxylation sites is 1. The number of carbonyl (C=O) groups excluding carboxylic acids is 1. The summed E-state index contributed by atoms with van der Waals surface area (Å²) in [5.41, 5.74) is 5.93. The van der Waals surface area contributed by atoms with E-state index in [0.29, 0.717) is 0 Å². The Kier molecular flexibility index (Phi) is 2.78. The van der Waals surface area contributed by atoms with Gasteiger partial charge in [0.15, 0.2) is 5.69 Å². The summed E-state index contributed by atoms with van der Waals surface area (Å²) in [4.78, 5) is 11.7. The highest BCUT2D eigenvalue weighted by Gasteiger charge is 2.13. The molecule has 0 bridgehead atoms. The molecule has 0 saturated heterocycles. The van der Waals surface area contributed by atoms with E-state index in [1.807, 2.05) is 0 Å². The number of rotatable bonds is 2. The van der Waals surface area contributed by atoms with Crippen LogP contribution in [0.2, 0.25) is 0 Å². The van der Waals surface area contributed by atoms with Crippen molar-refractivity contribution >= 4 is 17.3 Å². The fraction of sp³-hybridized carbons (Fsp3) is 0.0909. The number of halogens is 1. The van der Waals surface area contributed by atoms with E-state index in [9.17, 15) is 9.18 Å². The molecule has 5 nitrogen and oxygen atoms in total. The number of aromatic nitrogens is 2. The van der Waals surface area contributed by atoms with Gasteiger partial charge in [0.1, 0.15) is 11.5 Å². The summed E-state index contributed by atoms with van der Waals surface area (Å²) in [6, 6.07) is 5.75. The minimum Gasteiger partial charge on any atom is -0.397 e. The Bertz CT molecular complexity index is 544. The normalized spacial score (nSPS) is 10.2. The number of nitrogen functional groups attached to an aromatic ring is 1. The van der Waals surface area contributed by atoms with E-state index in [1.165, 1.54) is 28.9 Å². The predicted molar refractivity (Wildman–Crippen MR) is 62.0 cm³/mol. The fourth-order valence-corrected chi connectivity index (χ4v) is 1.39. The van der Waals surface area contributed by atoms with Gasteiger partial charge in [-0.15, -0.1) is 0 Å². The molecule has 0 unspecified atom stereocenters. The molecule has 2 rings (SSSR count). The van der Waals surface area contributed by atoms with Crippen LogP contribution in [-0.2, 0) is 7.05 Å². The Morgan fingerprint density at radius 1 is 1.47 bits per heavy atom. The van der Waals surface area contributed by atoms with Crippen molar-refractivity contribution in [3.05, 3.63) is 42.0 Å². The number of nitrogens with one attached hydrogen (secondary N) is 1. The van der Waals surface area contributed by atoms with Gasteiger partial charge in [0.25, 0.3) is 5.91 Å². The van der Waals surface area contributed by atoms with Gasteiger partial charge in [-0.1, -0.05) is 6.07 Å². The van der Waals surface area contributed by atoms with Crippen LogP contribution in [0.1, 0.15) is 10.5 Å². The summed E-state index contributed by atoms with van der Waals surface area (Å²) in [6.07, 6.45) is 1.62. The largest absolute Gasteiger partial charge is 0.397 e. The van der Waals surface area contributed by atoms with Crippen molar-refractivity contribution in [3.63, 3.8) is 0 Å². The topological polar surface area (TPSA) is 72.9 Å². The van der Waals surface area contributed by atoms with Gasteiger partial charge in [-0.2, -0.15) is 5.10 Å². The quantitative estimate of drug-likeness (QED) is 0.771. The van der Waals surface area contributed by atoms with Crippen LogP contribution < -0.4 is 11.1 Å². The molecule has 2 aromatic rings. The smallest absolute Gasteiger partial charge is 0.276 e. The lowest BCUT2D eigenvalue weighted by atomic mass is 10.2. The summed E-state index contributed by atoms with van der Waals surface area (Å²) < 4.78 is 14.9. The average Bonchev–Trinajstić information content (AvgIpc) is 2.70. The Hall–Kier alpha value is -2.37. The third-order valence-corrected chi connectivity index (χ3v) is 2.23. The van der Waals surface area contributed by atoms with E-state index in [2.05, 4.69) is 10.4 Å². The molecule has 0 aliphatic carbocycles. The molecule has 0 fully saturated rings. The molecule has 1 aromatic carbocycles. The van der Waals surface area contributed by atoms with Gasteiger partial charge < -0.3 is 11.1 Å². The number of carbonyl (C=O) groups is 1. The predicted octanol–water partition coefficient (Wildman–Crippen LogP) is 1.39. The second-order valence-corrected chi connectivity index (χ2v) is 3.53. The van der Waals surface area contributed by atoms with Gasteiger partial charge in [0.05, 0.1) is 5.69 Å². The van der Waals surface area contributed by atoms with Gasteiger partial charge in [-0.3, -0.25) is 9.48 Å². The monoisotopic (exact) mass is 234 g/mol. The zero-order chi connectivity index (χ0) is 12.4. The van der Waals surface area contributed by atoms with Crippen LogP contribution in [0.4, 0.5) is 15.8 Å². The molecule has 88 valence electrons. The van der Waals surface area contributed by atoms with Crippen molar-refractivity contribution in [1.82, 2.24) is 9.78 Å². The van der Waals surface area contributed by atoms with Crippen LogP contribution in [0.25, 0.3) is 0 Å². The first kappa shape index (κ1) is 11.1. The lowest BCUT2D eigenvalue weighted by molar-refractivity contribution is 0.102. The van der Waals surface area contributed by atoms with E-state index in [-0.39, 0.29) is 17.1 Å². The molecule has 1 amide bonds. The van der Waals surface area contributed by atoms with Crippen molar-refractivity contribution in [3.8, 4) is 0 Å². The van der Waals surface area contributed by atoms with E-state index >= 15 is 0 Å². The van der Waals surface area contributed by atoms with Crippen molar-refractivity contribution in [2.75, 3.05) is 11.1 Å². The van der Waals surface area contributed by atoms with Crippen LogP contribution >= 0.6 is 0 Å². The molecule has 6 heteroatoms. The lowest BCUT2D eigenvalue weighted by Crippen LogP contribution is -2.15. The molecule has 3 N–H and O–H groups in total. The summed E-state index contributed by atoms with van der Waals surface area (Å²) >= 11 is 0. The zero-order valence-corrected chi connectivity index (χ0v) is 9.14. The Morgan fingerprint density at radius 3 is 2.82 bits per heavy atom. The van der Waals surface area contributed by atoms with Crippen molar-refractivity contribution < 1.29 is 9.18 Å². The molecule has 0 aliphatic rings. The number of benzene rings is 1. The van der Waals surface area contributed by atoms with Crippen molar-refractivity contribution in [1.29, 1.82) is 0 Å². The third-order valence-electron chi connectivity index (χ3n) is 2.23. The molecule has 17 heavy (non-hydrogen) atoms. The first-order chi connectivity index (χ1) is 8.08. The van der Waals surface area contributed by atoms with E-state index in [4.69, 9.17) is 5.73 Å². The maximum Gasteiger partial charge on any atom is 0.276 e. The number of aryl methyl sites for hydroxylation is 1. The highest BCUT2D eigenvalue weighted by Crippen LogP contribution is 2.22. The molecular formula is C11H11FN4O. The van der Waals surface area contributed by atoms with E-state index in [1.54, 1.807) is 13.2 Å². The van der Waals surface area contributed by atoms with Crippen LogP contribution in [0.5, 0.6) is 0 Å². The van der Waals surface area contributed by atoms with Gasteiger partial charge in [0, 0.05) is 13.2 Å². The Labute approximate surface area is 97.0 Å². The molecule has 1 heterocycles. The minimum atomic E-state index is -0.575. The molecular weight excluding hydrogens is 223 g/mol. The number of hydrogen-bond acceptors (Lipinski definition) is 3. The molecule has 0 spiro atoms. The van der Waals surface area contributed by atoms with Crippen LogP contribution in [0.15, 0.2) is 30.5 Å². The number of amides is 1. The summed E-state index contributed by atoms with van der Waals surface area (Å²) in [5.74, 6) is -1.07. The summed E-state index contributed by atoms with van der Waals surface area (Å²) in [6.45, 7) is 0. The van der Waals surface area contributed by atoms with Crippen LogP contribution in [-0.4, -0.2) is 15.7 Å². The molecule has 0 aliphatic heterocycles. The zero-order valence-electron chi connectivity index (χ0n) is 9.14. The van der Waals surface area contributed by atoms with Crippen LogP contribution in [0.3, 0.4) is 0 Å². The third kappa shape index (κ3) is 2.25. The second-order valence-electron chi connectivity index (χ2n) is 3.53.